The number of rotatable bonds is 14. The van der Waals surface area contributed by atoms with E-state index >= 15 is 0 Å². The summed E-state index contributed by atoms with van der Waals surface area (Å²) in [6, 6.07) is 30.9. The number of carboxylic acids is 1. The summed E-state index contributed by atoms with van der Waals surface area (Å²) in [5.74, 6) is -1.31. The normalized spacial score (nSPS) is 13.6. The van der Waals surface area contributed by atoms with Gasteiger partial charge in [0.15, 0.2) is 0 Å². The molecule has 0 aliphatic heterocycles. The van der Waals surface area contributed by atoms with Gasteiger partial charge in [-0.1, -0.05) is 99.9 Å². The van der Waals surface area contributed by atoms with Crippen LogP contribution in [0, 0.1) is 0 Å². The highest BCUT2D eigenvalue weighted by Gasteiger charge is 2.34. The average molecular weight is 1180 g/mol. The number of nitrogens with zero attached hydrogens (tertiary/aromatic N) is 2. The summed E-state index contributed by atoms with van der Waals surface area (Å²) in [5, 5.41) is 11.8. The van der Waals surface area contributed by atoms with Gasteiger partial charge in [-0.15, -0.1) is 0 Å². The SMILES string of the molecule is O=C(O)c1cccc(C2=C(c3cc(C(F)(F)F)ccc3OCc3ccc(Cl)cc3Cl)CCC2)n1.O=C(OCc1ccc(Cl)cc1Cl)c1cccc(C2=C(c3cc(C(F)(F)F)ccc3OCc3ccc(Cl)cc3Cl)CCC2)n1. The second-order valence-electron chi connectivity index (χ2n) is 17.5. The van der Waals surface area contributed by atoms with Gasteiger partial charge in [-0.3, -0.25) is 0 Å². The predicted molar refractivity (Wildman–Crippen MR) is 287 cm³/mol. The number of pyridine rings is 2. The molecule has 2 aromatic heterocycles. The number of aromatic nitrogens is 2. The van der Waals surface area contributed by atoms with Crippen LogP contribution in [0.15, 0.2) is 127 Å². The number of carboxylic acid groups (broad SMARTS) is 1. The third-order valence-electron chi connectivity index (χ3n) is 12.4. The molecule has 0 radical (unpaired) electrons. The quantitative estimate of drug-likeness (QED) is 0.0847. The van der Waals surface area contributed by atoms with Crippen molar-refractivity contribution in [3.63, 3.8) is 0 Å². The Balaban J connectivity index is 0.000000209. The summed E-state index contributed by atoms with van der Waals surface area (Å²) in [7, 11) is 0. The Morgan fingerprint density at radius 1 is 0.481 bits per heavy atom. The number of hydrogen-bond acceptors (Lipinski definition) is 7. The van der Waals surface area contributed by atoms with Gasteiger partial charge >= 0.3 is 24.3 Å². The third kappa shape index (κ3) is 14.3. The van der Waals surface area contributed by atoms with E-state index in [0.717, 1.165) is 29.8 Å². The summed E-state index contributed by atoms with van der Waals surface area (Å²) in [6.45, 7) is -0.0326. The first-order chi connectivity index (χ1) is 36.6. The van der Waals surface area contributed by atoms with Gasteiger partial charge in [0.05, 0.1) is 22.5 Å². The monoisotopic (exact) mass is 1170 g/mol. The molecule has 8 nitrogen and oxygen atoms in total. The molecule has 1 N–H and O–H groups in total. The van der Waals surface area contributed by atoms with Crippen LogP contribution in [-0.4, -0.2) is 27.0 Å². The van der Waals surface area contributed by atoms with Crippen LogP contribution in [-0.2, 0) is 36.9 Å². The first kappa shape index (κ1) is 56.9. The number of esters is 1. The fourth-order valence-corrected chi connectivity index (χ4v) is 10.1. The lowest BCUT2D eigenvalue weighted by Crippen LogP contribution is -2.09. The van der Waals surface area contributed by atoms with E-state index in [-0.39, 0.29) is 42.7 Å². The van der Waals surface area contributed by atoms with Gasteiger partial charge in [-0.25, -0.2) is 19.6 Å². The van der Waals surface area contributed by atoms with E-state index < -0.39 is 35.4 Å². The average Bonchev–Trinajstić information content (AvgIpc) is 4.15. The van der Waals surface area contributed by atoms with Crippen molar-refractivity contribution < 1.29 is 55.2 Å². The van der Waals surface area contributed by atoms with Crippen LogP contribution in [0.4, 0.5) is 26.3 Å². The number of allylic oxidation sites excluding steroid dienone is 4. The minimum absolute atomic E-state index is 0.0220. The summed E-state index contributed by atoms with van der Waals surface area (Å²) < 4.78 is 99.2. The number of carbonyl (C=O) groups is 2. The Hall–Kier alpha value is -6.26. The summed E-state index contributed by atoms with van der Waals surface area (Å²) in [6.07, 6.45) is -5.58. The van der Waals surface area contributed by atoms with Crippen LogP contribution in [0.5, 0.6) is 11.5 Å². The van der Waals surface area contributed by atoms with Crippen LogP contribution in [0.3, 0.4) is 0 Å². The third-order valence-corrected chi connectivity index (χ3v) is 14.2. The lowest BCUT2D eigenvalue weighted by atomic mass is 9.97. The molecule has 398 valence electrons. The molecule has 77 heavy (non-hydrogen) atoms. The van der Waals surface area contributed by atoms with E-state index in [1.54, 1.807) is 78.9 Å². The second-order valence-corrected chi connectivity index (χ2v) is 20.1. The smallest absolute Gasteiger partial charge is 0.416 e. The summed E-state index contributed by atoms with van der Waals surface area (Å²) >= 11 is 36.5. The van der Waals surface area contributed by atoms with E-state index in [1.165, 1.54) is 24.3 Å². The van der Waals surface area contributed by atoms with Crippen molar-refractivity contribution in [2.45, 2.75) is 70.7 Å². The molecule has 0 unspecified atom stereocenters. The first-order valence-corrected chi connectivity index (χ1v) is 25.7. The molecule has 0 fully saturated rings. The molecule has 0 saturated carbocycles. The Kier molecular flexibility index (Phi) is 18.2. The van der Waals surface area contributed by atoms with E-state index in [4.69, 9.17) is 83.8 Å². The molecule has 0 spiro atoms. The zero-order valence-electron chi connectivity index (χ0n) is 39.9. The maximum Gasteiger partial charge on any atom is 0.416 e. The van der Waals surface area contributed by atoms with Crippen molar-refractivity contribution in [3.8, 4) is 11.5 Å². The van der Waals surface area contributed by atoms with Gasteiger partial charge < -0.3 is 19.3 Å². The maximum atomic E-state index is 13.8. The van der Waals surface area contributed by atoms with E-state index in [9.17, 15) is 41.0 Å². The van der Waals surface area contributed by atoms with Gasteiger partial charge in [0, 0.05) is 58.0 Å². The van der Waals surface area contributed by atoms with Crippen LogP contribution in [0.25, 0.3) is 22.3 Å². The maximum absolute atomic E-state index is 13.8. The first-order valence-electron chi connectivity index (χ1n) is 23.4. The number of benzene rings is 5. The van der Waals surface area contributed by atoms with Crippen LogP contribution < -0.4 is 9.47 Å². The standard InChI is InChI=1S/C32H22Cl4F3NO3.C25H18Cl2F3NO3/c33-21-10-7-18(26(35)14-21)16-42-30-12-9-20(32(37,38)39)13-25(30)23-3-1-4-24(23)28-5-2-6-29(40-28)31(41)43-17-19-8-11-22(34)15-27(19)36;26-16-9-7-14(20(27)12-16)13-34-23-10-8-15(25(28,29)30)11-19(23)17-3-1-4-18(17)21-5-2-6-22(31-21)24(32)33/h2,5-15H,1,3-4,16-17H2;2,5-12H,1,3-4,13H2,(H,32,33). The van der Waals surface area contributed by atoms with E-state index in [2.05, 4.69) is 9.97 Å². The molecule has 0 saturated heterocycles. The molecule has 5 aromatic carbocycles. The molecule has 0 amide bonds. The van der Waals surface area contributed by atoms with Crippen molar-refractivity contribution in [1.29, 1.82) is 0 Å². The lowest BCUT2D eigenvalue weighted by molar-refractivity contribution is -0.138. The minimum atomic E-state index is -4.55. The Morgan fingerprint density at radius 2 is 0.870 bits per heavy atom. The largest absolute Gasteiger partial charge is 0.488 e. The Morgan fingerprint density at radius 3 is 1.27 bits per heavy atom. The highest BCUT2D eigenvalue weighted by atomic mass is 35.5. The Labute approximate surface area is 467 Å². The molecule has 7 aromatic rings. The van der Waals surface area contributed by atoms with Crippen molar-refractivity contribution in [3.05, 3.63) is 219 Å². The summed E-state index contributed by atoms with van der Waals surface area (Å²) in [4.78, 5) is 32.9. The van der Waals surface area contributed by atoms with Crippen molar-refractivity contribution in [2.24, 2.45) is 0 Å². The fourth-order valence-electron chi connectivity index (χ4n) is 8.67. The zero-order chi connectivity index (χ0) is 55.2. The molecular formula is C57H40Cl6F6N2O6. The van der Waals surface area contributed by atoms with Gasteiger partial charge in [-0.2, -0.15) is 26.3 Å². The minimum Gasteiger partial charge on any atom is -0.488 e. The molecule has 2 aliphatic carbocycles. The number of hydrogen-bond donors (Lipinski definition) is 1. The topological polar surface area (TPSA) is 108 Å². The molecule has 0 atom stereocenters. The highest BCUT2D eigenvalue weighted by molar-refractivity contribution is 6.36. The van der Waals surface area contributed by atoms with Gasteiger partial charge in [0.25, 0.3) is 0 Å². The van der Waals surface area contributed by atoms with Gasteiger partial charge in [0.1, 0.15) is 42.7 Å². The van der Waals surface area contributed by atoms with E-state index in [0.29, 0.717) is 125 Å². The molecular weight excluding hydrogens is 1140 g/mol. The Bertz CT molecular complexity index is 3460. The van der Waals surface area contributed by atoms with Crippen molar-refractivity contribution >= 4 is 104 Å². The fraction of sp³-hybridized carbons (Fsp3) is 0.193. The molecule has 2 heterocycles. The van der Waals surface area contributed by atoms with Crippen LogP contribution >= 0.6 is 69.6 Å². The van der Waals surface area contributed by atoms with Gasteiger partial charge in [0.2, 0.25) is 0 Å². The summed E-state index contributed by atoms with van der Waals surface area (Å²) in [5.41, 5.74) is 4.41. The number of halogens is 12. The molecule has 9 rings (SSSR count). The van der Waals surface area contributed by atoms with Gasteiger partial charge in [-0.05, 0) is 158 Å². The number of alkyl halides is 6. The van der Waals surface area contributed by atoms with Crippen LogP contribution in [0.2, 0.25) is 30.1 Å². The van der Waals surface area contributed by atoms with Crippen LogP contribution in [0.1, 0.15) is 110 Å². The molecule has 20 heteroatoms. The molecule has 0 bridgehead atoms. The number of ether oxygens (including phenoxy) is 3. The molecule has 2 aliphatic rings. The zero-order valence-corrected chi connectivity index (χ0v) is 44.4. The van der Waals surface area contributed by atoms with Crippen molar-refractivity contribution in [2.75, 3.05) is 0 Å². The number of carbonyl (C=O) groups excluding carboxylic acids is 1. The second kappa shape index (κ2) is 24.6. The van der Waals surface area contributed by atoms with Crippen molar-refractivity contribution in [1.82, 2.24) is 9.97 Å². The highest BCUT2D eigenvalue weighted by Crippen LogP contribution is 2.46. The number of aromatic carboxylic acids is 1. The lowest BCUT2D eigenvalue weighted by Gasteiger charge is -2.17. The van der Waals surface area contributed by atoms with E-state index in [1.807, 2.05) is 0 Å². The predicted octanol–water partition coefficient (Wildman–Crippen LogP) is 18.5.